The number of nitrogens with zero attached hydrogens (tertiary/aromatic N) is 1. The maximum atomic E-state index is 13.4. The predicted octanol–water partition coefficient (Wildman–Crippen LogP) is 5.73. The molecule has 8 heteroatoms. The van der Waals surface area contributed by atoms with Crippen molar-refractivity contribution >= 4 is 29.4 Å². The van der Waals surface area contributed by atoms with E-state index in [1.165, 1.54) is 4.90 Å². The summed E-state index contributed by atoms with van der Waals surface area (Å²) in [5, 5.41) is 0.653. The number of Topliss-reactive ketones (excluding diaryl/α,β-unsaturated/α-hetero) is 1. The number of ketones is 1. The minimum Gasteiger partial charge on any atom is -0.488 e. The first kappa shape index (κ1) is 24.6. The molecule has 1 aliphatic carbocycles. The molecule has 36 heavy (non-hydrogen) atoms. The number of hydrogen-bond donors (Lipinski definition) is 0. The molecule has 1 saturated heterocycles. The van der Waals surface area contributed by atoms with Gasteiger partial charge in [-0.1, -0.05) is 17.7 Å². The molecule has 7 nitrogen and oxygen atoms in total. The molecule has 3 aliphatic rings. The fraction of sp³-hybridized carbons (Fsp3) is 0.464. The topological polar surface area (TPSA) is 82.1 Å². The Morgan fingerprint density at radius 1 is 1.03 bits per heavy atom. The van der Waals surface area contributed by atoms with Crippen molar-refractivity contribution in [3.05, 3.63) is 52.0 Å². The van der Waals surface area contributed by atoms with Crippen molar-refractivity contribution in [1.82, 2.24) is 4.90 Å². The van der Waals surface area contributed by atoms with E-state index in [1.54, 1.807) is 26.8 Å². The van der Waals surface area contributed by atoms with E-state index in [4.69, 9.17) is 25.8 Å². The van der Waals surface area contributed by atoms with Gasteiger partial charge in [-0.25, -0.2) is 9.59 Å². The third-order valence-corrected chi connectivity index (χ3v) is 7.22. The van der Waals surface area contributed by atoms with Crippen LogP contribution in [0.5, 0.6) is 5.75 Å². The second-order valence-corrected chi connectivity index (χ2v) is 11.2. The van der Waals surface area contributed by atoms with Crippen LogP contribution in [0.3, 0.4) is 0 Å². The lowest BCUT2D eigenvalue weighted by atomic mass is 9.85. The van der Waals surface area contributed by atoms with E-state index in [0.717, 1.165) is 22.3 Å². The molecule has 3 atom stereocenters. The molecule has 2 aliphatic heterocycles. The van der Waals surface area contributed by atoms with Gasteiger partial charge in [-0.3, -0.25) is 9.69 Å². The Morgan fingerprint density at radius 2 is 1.81 bits per heavy atom. The number of ether oxygens (including phenoxy) is 3. The summed E-state index contributed by atoms with van der Waals surface area (Å²) < 4.78 is 17.2. The van der Waals surface area contributed by atoms with E-state index in [-0.39, 0.29) is 11.8 Å². The summed E-state index contributed by atoms with van der Waals surface area (Å²) in [5.41, 5.74) is 3.72. The first-order valence-corrected chi connectivity index (χ1v) is 12.7. The van der Waals surface area contributed by atoms with Crippen molar-refractivity contribution in [3.8, 4) is 16.9 Å². The number of carbonyl (C=O) groups excluding carboxylic acids is 3. The van der Waals surface area contributed by atoms with E-state index in [2.05, 4.69) is 0 Å². The van der Waals surface area contributed by atoms with Crippen molar-refractivity contribution in [2.45, 2.75) is 83.8 Å². The van der Waals surface area contributed by atoms with Gasteiger partial charge in [0.15, 0.2) is 6.10 Å². The molecule has 0 saturated carbocycles. The zero-order valence-corrected chi connectivity index (χ0v) is 21.7. The SMILES string of the molecule is C[C@H]1CC[C@@H](C(=O)OC2CCc3cc4c(cc3C2=O)OCc2cc(Cl)ccc2-4)N1C(=O)OC(C)(C)C. The first-order chi connectivity index (χ1) is 17.0. The lowest BCUT2D eigenvalue weighted by molar-refractivity contribution is -0.153. The Kier molecular flexibility index (Phi) is 6.23. The molecule has 2 heterocycles. The summed E-state index contributed by atoms with van der Waals surface area (Å²) in [7, 11) is 0. The van der Waals surface area contributed by atoms with Crippen LogP contribution < -0.4 is 4.74 Å². The van der Waals surface area contributed by atoms with Crippen LogP contribution >= 0.6 is 11.6 Å². The van der Waals surface area contributed by atoms with Crippen molar-refractivity contribution in [2.75, 3.05) is 0 Å². The standard InChI is InChI=1S/C28H30ClNO6/c1-15-5-9-22(30(15)27(33)36-28(2,3)4)26(32)35-23-10-6-16-12-21-19-8-7-18(29)11-17(19)14-34-24(21)13-20(16)25(23)31/h7-8,11-13,15,22-23H,5-6,9-10,14H2,1-4H3/t15-,22-,23?/m0/s1. The number of fused-ring (bicyclic) bond motifs is 4. The molecule has 2 aromatic carbocycles. The number of halogens is 1. The van der Waals surface area contributed by atoms with Crippen LogP contribution in [-0.4, -0.2) is 46.5 Å². The Morgan fingerprint density at radius 3 is 2.56 bits per heavy atom. The zero-order valence-electron chi connectivity index (χ0n) is 20.9. The van der Waals surface area contributed by atoms with Crippen molar-refractivity contribution in [2.24, 2.45) is 0 Å². The highest BCUT2D eigenvalue weighted by atomic mass is 35.5. The van der Waals surface area contributed by atoms with Crippen LogP contribution in [0.15, 0.2) is 30.3 Å². The molecule has 0 bridgehead atoms. The normalized spacial score (nSPS) is 22.8. The van der Waals surface area contributed by atoms with Gasteiger partial charge in [0.1, 0.15) is 24.0 Å². The van der Waals surface area contributed by atoms with Gasteiger partial charge in [0, 0.05) is 22.2 Å². The second kappa shape index (κ2) is 9.11. The predicted molar refractivity (Wildman–Crippen MR) is 134 cm³/mol. The highest BCUT2D eigenvalue weighted by molar-refractivity contribution is 6.30. The van der Waals surface area contributed by atoms with Crippen molar-refractivity contribution < 1.29 is 28.6 Å². The average molecular weight is 512 g/mol. The van der Waals surface area contributed by atoms with E-state index >= 15 is 0 Å². The summed E-state index contributed by atoms with van der Waals surface area (Å²) >= 11 is 6.13. The number of esters is 1. The number of aryl methyl sites for hydroxylation is 1. The molecule has 0 radical (unpaired) electrons. The molecular formula is C28H30ClNO6. The van der Waals surface area contributed by atoms with Gasteiger partial charge in [-0.15, -0.1) is 0 Å². The third kappa shape index (κ3) is 4.57. The summed E-state index contributed by atoms with van der Waals surface area (Å²) in [5.74, 6) is -0.176. The van der Waals surface area contributed by atoms with Crippen molar-refractivity contribution in [3.63, 3.8) is 0 Å². The largest absolute Gasteiger partial charge is 0.488 e. The van der Waals surface area contributed by atoms with E-state index in [9.17, 15) is 14.4 Å². The molecular weight excluding hydrogens is 482 g/mol. The molecule has 1 unspecified atom stereocenters. The lowest BCUT2D eigenvalue weighted by Gasteiger charge is -2.32. The van der Waals surface area contributed by atoms with Crippen LogP contribution in [0.2, 0.25) is 5.02 Å². The van der Waals surface area contributed by atoms with Crippen LogP contribution in [0, 0.1) is 0 Å². The van der Waals surface area contributed by atoms with Crippen LogP contribution in [0.1, 0.15) is 68.4 Å². The minimum absolute atomic E-state index is 0.151. The van der Waals surface area contributed by atoms with Crippen LogP contribution in [-0.2, 0) is 27.3 Å². The molecule has 0 aromatic heterocycles. The first-order valence-electron chi connectivity index (χ1n) is 12.4. The second-order valence-electron chi connectivity index (χ2n) is 10.8. The van der Waals surface area contributed by atoms with Gasteiger partial charge >= 0.3 is 12.1 Å². The smallest absolute Gasteiger partial charge is 0.411 e. The lowest BCUT2D eigenvalue weighted by Crippen LogP contribution is -2.48. The van der Waals surface area contributed by atoms with Crippen molar-refractivity contribution in [1.29, 1.82) is 0 Å². The number of benzene rings is 2. The molecule has 190 valence electrons. The Hall–Kier alpha value is -3.06. The molecule has 0 spiro atoms. The minimum atomic E-state index is -0.894. The molecule has 5 rings (SSSR count). The van der Waals surface area contributed by atoms with Gasteiger partial charge in [0.25, 0.3) is 0 Å². The fourth-order valence-electron chi connectivity index (χ4n) is 5.25. The van der Waals surface area contributed by atoms with E-state index < -0.39 is 29.8 Å². The highest BCUT2D eigenvalue weighted by Gasteiger charge is 2.43. The monoisotopic (exact) mass is 511 g/mol. The van der Waals surface area contributed by atoms with Gasteiger partial charge in [-0.2, -0.15) is 0 Å². The third-order valence-electron chi connectivity index (χ3n) is 6.98. The Bertz CT molecular complexity index is 1250. The van der Waals surface area contributed by atoms with Gasteiger partial charge < -0.3 is 14.2 Å². The summed E-state index contributed by atoms with van der Waals surface area (Å²) in [6.07, 6.45) is 0.679. The Labute approximate surface area is 215 Å². The number of carbonyl (C=O) groups is 3. The van der Waals surface area contributed by atoms with Gasteiger partial charge in [-0.05, 0) is 94.3 Å². The summed E-state index contributed by atoms with van der Waals surface area (Å²) in [6.45, 7) is 7.61. The average Bonchev–Trinajstić information content (AvgIpc) is 3.20. The van der Waals surface area contributed by atoms with Gasteiger partial charge in [0.2, 0.25) is 5.78 Å². The molecule has 1 fully saturated rings. The van der Waals surface area contributed by atoms with Crippen LogP contribution in [0.25, 0.3) is 11.1 Å². The number of likely N-dealkylation sites (tertiary alicyclic amines) is 1. The molecule has 0 N–H and O–H groups in total. The zero-order chi connectivity index (χ0) is 25.8. The number of hydrogen-bond acceptors (Lipinski definition) is 6. The summed E-state index contributed by atoms with van der Waals surface area (Å²) in [4.78, 5) is 40.7. The molecule has 2 aromatic rings. The van der Waals surface area contributed by atoms with Gasteiger partial charge in [0.05, 0.1) is 0 Å². The highest BCUT2D eigenvalue weighted by Crippen LogP contribution is 2.42. The van der Waals surface area contributed by atoms with Crippen LogP contribution in [0.4, 0.5) is 4.79 Å². The summed E-state index contributed by atoms with van der Waals surface area (Å²) in [6, 6.07) is 8.55. The quantitative estimate of drug-likeness (QED) is 0.479. The number of rotatable bonds is 2. The Balaban J connectivity index is 1.34. The fourth-order valence-corrected chi connectivity index (χ4v) is 5.45. The number of amides is 1. The maximum absolute atomic E-state index is 13.4. The maximum Gasteiger partial charge on any atom is 0.411 e. The molecule has 1 amide bonds. The van der Waals surface area contributed by atoms with E-state index in [1.807, 2.05) is 31.2 Å². The van der Waals surface area contributed by atoms with E-state index in [0.29, 0.717) is 48.6 Å².